The van der Waals surface area contributed by atoms with Crippen molar-refractivity contribution in [1.29, 1.82) is 0 Å². The van der Waals surface area contributed by atoms with Gasteiger partial charge in [0.05, 0.1) is 0 Å². The monoisotopic (exact) mass is 178 g/mol. The lowest BCUT2D eigenvalue weighted by Gasteiger charge is -2.02. The summed E-state index contributed by atoms with van der Waals surface area (Å²) in [7, 11) is 0. The van der Waals surface area contributed by atoms with Crippen molar-refractivity contribution >= 4 is 17.8 Å². The molecule has 0 spiro atoms. The second-order valence-electron chi connectivity index (χ2n) is 2.47. The first-order valence-electron chi connectivity index (χ1n) is 4.23. The van der Waals surface area contributed by atoms with Crippen LogP contribution in [0, 0.1) is 0 Å². The molecule has 1 heteroatoms. The maximum Gasteiger partial charge on any atom is 0.0144 e. The van der Waals surface area contributed by atoms with Gasteiger partial charge in [0.15, 0.2) is 0 Å². The first kappa shape index (κ1) is 9.40. The Morgan fingerprint density at radius 3 is 2.75 bits per heavy atom. The van der Waals surface area contributed by atoms with Crippen molar-refractivity contribution in [3.05, 3.63) is 35.9 Å². The van der Waals surface area contributed by atoms with E-state index in [0.29, 0.717) is 0 Å². The van der Waals surface area contributed by atoms with Crippen LogP contribution >= 0.6 is 11.8 Å². The molecule has 12 heavy (non-hydrogen) atoms. The predicted molar refractivity (Wildman–Crippen MR) is 57.5 cm³/mol. The number of hydrogen-bond acceptors (Lipinski definition) is 1. The van der Waals surface area contributed by atoms with Crippen molar-refractivity contribution < 1.29 is 0 Å². The van der Waals surface area contributed by atoms with Gasteiger partial charge >= 0.3 is 0 Å². The Kier molecular flexibility index (Phi) is 3.95. The smallest absolute Gasteiger partial charge is 0.0144 e. The van der Waals surface area contributed by atoms with Crippen molar-refractivity contribution in [3.63, 3.8) is 0 Å². The lowest BCUT2D eigenvalue weighted by molar-refractivity contribution is 1.40. The molecule has 1 aromatic rings. The molecule has 0 saturated carbocycles. The van der Waals surface area contributed by atoms with Crippen LogP contribution in [0.25, 0.3) is 6.08 Å². The highest BCUT2D eigenvalue weighted by Crippen LogP contribution is 2.22. The normalized spacial score (nSPS) is 10.8. The molecule has 0 bridgehead atoms. The zero-order valence-corrected chi connectivity index (χ0v) is 8.40. The quantitative estimate of drug-likeness (QED) is 0.634. The SMILES string of the molecule is CC=Cc1ccccc1SCC. The summed E-state index contributed by atoms with van der Waals surface area (Å²) in [6, 6.07) is 8.49. The molecule has 0 aliphatic heterocycles. The summed E-state index contributed by atoms with van der Waals surface area (Å²) in [6.45, 7) is 4.23. The predicted octanol–water partition coefficient (Wildman–Crippen LogP) is 3.83. The summed E-state index contributed by atoms with van der Waals surface area (Å²) in [6.07, 6.45) is 4.23. The van der Waals surface area contributed by atoms with Crippen LogP contribution in [0.3, 0.4) is 0 Å². The average molecular weight is 178 g/mol. The van der Waals surface area contributed by atoms with Gasteiger partial charge in [-0.15, -0.1) is 11.8 Å². The molecule has 0 fully saturated rings. The molecule has 0 radical (unpaired) electrons. The second-order valence-corrected chi connectivity index (χ2v) is 3.78. The van der Waals surface area contributed by atoms with Crippen molar-refractivity contribution in [2.24, 2.45) is 0 Å². The number of rotatable bonds is 3. The molecular weight excluding hydrogens is 164 g/mol. The van der Waals surface area contributed by atoms with Crippen LogP contribution in [-0.2, 0) is 0 Å². The van der Waals surface area contributed by atoms with Gasteiger partial charge < -0.3 is 0 Å². The van der Waals surface area contributed by atoms with Crippen molar-refractivity contribution in [2.75, 3.05) is 5.75 Å². The average Bonchev–Trinajstić information content (AvgIpc) is 2.09. The summed E-state index contributed by atoms with van der Waals surface area (Å²) >= 11 is 1.89. The summed E-state index contributed by atoms with van der Waals surface area (Å²) < 4.78 is 0. The summed E-state index contributed by atoms with van der Waals surface area (Å²) in [5.74, 6) is 1.13. The fourth-order valence-electron chi connectivity index (χ4n) is 1.08. The van der Waals surface area contributed by atoms with Gasteiger partial charge in [-0.05, 0) is 24.3 Å². The summed E-state index contributed by atoms with van der Waals surface area (Å²) in [5.41, 5.74) is 1.33. The van der Waals surface area contributed by atoms with Gasteiger partial charge in [-0.2, -0.15) is 0 Å². The van der Waals surface area contributed by atoms with Crippen molar-refractivity contribution in [3.8, 4) is 0 Å². The maximum atomic E-state index is 2.18. The van der Waals surface area contributed by atoms with E-state index < -0.39 is 0 Å². The van der Waals surface area contributed by atoms with E-state index in [2.05, 4.69) is 43.3 Å². The first-order chi connectivity index (χ1) is 5.88. The second kappa shape index (κ2) is 5.04. The van der Waals surface area contributed by atoms with E-state index in [1.807, 2.05) is 18.7 Å². The molecule has 0 nitrogen and oxygen atoms in total. The fourth-order valence-corrected chi connectivity index (χ4v) is 1.87. The molecule has 0 heterocycles. The highest BCUT2D eigenvalue weighted by atomic mass is 32.2. The summed E-state index contributed by atoms with van der Waals surface area (Å²) in [5, 5.41) is 0. The van der Waals surface area contributed by atoms with Gasteiger partial charge in [0.1, 0.15) is 0 Å². The molecule has 0 amide bonds. The third-order valence-electron chi connectivity index (χ3n) is 1.57. The van der Waals surface area contributed by atoms with Gasteiger partial charge in [0.25, 0.3) is 0 Å². The number of allylic oxidation sites excluding steroid dienone is 1. The van der Waals surface area contributed by atoms with Crippen LogP contribution in [0.1, 0.15) is 19.4 Å². The van der Waals surface area contributed by atoms with Gasteiger partial charge in [0, 0.05) is 4.90 Å². The highest BCUT2D eigenvalue weighted by molar-refractivity contribution is 7.99. The molecule has 0 aliphatic rings. The lowest BCUT2D eigenvalue weighted by atomic mass is 10.2. The van der Waals surface area contributed by atoms with Crippen LogP contribution in [0.2, 0.25) is 0 Å². The number of benzene rings is 1. The van der Waals surface area contributed by atoms with Crippen LogP contribution in [-0.4, -0.2) is 5.75 Å². The van der Waals surface area contributed by atoms with Crippen LogP contribution in [0.5, 0.6) is 0 Å². The lowest BCUT2D eigenvalue weighted by Crippen LogP contribution is -1.78. The van der Waals surface area contributed by atoms with Crippen molar-refractivity contribution in [2.45, 2.75) is 18.7 Å². The molecule has 0 saturated heterocycles. The van der Waals surface area contributed by atoms with E-state index in [-0.39, 0.29) is 0 Å². The van der Waals surface area contributed by atoms with Gasteiger partial charge in [0.2, 0.25) is 0 Å². The standard InChI is InChI=1S/C11H14S/c1-3-7-10-8-5-6-9-11(10)12-4-2/h3,5-9H,4H2,1-2H3. The molecule has 0 aliphatic carbocycles. The molecule has 0 atom stereocenters. The minimum Gasteiger partial charge on any atom is -0.126 e. The molecule has 0 unspecified atom stereocenters. The third-order valence-corrected chi connectivity index (χ3v) is 2.54. The number of hydrogen-bond donors (Lipinski definition) is 0. The van der Waals surface area contributed by atoms with E-state index in [0.717, 1.165) is 5.75 Å². The summed E-state index contributed by atoms with van der Waals surface area (Å²) in [4.78, 5) is 1.37. The Morgan fingerprint density at radius 1 is 1.33 bits per heavy atom. The Morgan fingerprint density at radius 2 is 2.08 bits per heavy atom. The van der Waals surface area contributed by atoms with Crippen LogP contribution < -0.4 is 0 Å². The van der Waals surface area contributed by atoms with E-state index in [1.165, 1.54) is 10.5 Å². The highest BCUT2D eigenvalue weighted by Gasteiger charge is 1.95. The molecule has 0 aromatic heterocycles. The van der Waals surface area contributed by atoms with Crippen molar-refractivity contribution in [1.82, 2.24) is 0 Å². The molecule has 1 rings (SSSR count). The zero-order chi connectivity index (χ0) is 8.81. The number of thioether (sulfide) groups is 1. The van der Waals surface area contributed by atoms with Crippen LogP contribution in [0.4, 0.5) is 0 Å². The Hall–Kier alpha value is -0.690. The van der Waals surface area contributed by atoms with E-state index in [4.69, 9.17) is 0 Å². The van der Waals surface area contributed by atoms with Crippen LogP contribution in [0.15, 0.2) is 35.2 Å². The molecular formula is C11H14S. The Balaban J connectivity index is 2.91. The van der Waals surface area contributed by atoms with E-state index in [1.54, 1.807) is 0 Å². The zero-order valence-electron chi connectivity index (χ0n) is 7.58. The maximum absolute atomic E-state index is 2.18. The fraction of sp³-hybridized carbons (Fsp3) is 0.273. The van der Waals surface area contributed by atoms with E-state index in [9.17, 15) is 0 Å². The first-order valence-corrected chi connectivity index (χ1v) is 5.21. The molecule has 0 N–H and O–H groups in total. The third kappa shape index (κ3) is 2.42. The molecule has 1 aromatic carbocycles. The Bertz CT molecular complexity index is 263. The molecule has 64 valence electrons. The Labute approximate surface area is 78.7 Å². The topological polar surface area (TPSA) is 0 Å². The minimum atomic E-state index is 1.13. The minimum absolute atomic E-state index is 1.13. The van der Waals surface area contributed by atoms with E-state index >= 15 is 0 Å². The largest absolute Gasteiger partial charge is 0.126 e. The van der Waals surface area contributed by atoms with Gasteiger partial charge in [-0.25, -0.2) is 0 Å². The van der Waals surface area contributed by atoms with Gasteiger partial charge in [-0.3, -0.25) is 0 Å². The van der Waals surface area contributed by atoms with Gasteiger partial charge in [-0.1, -0.05) is 37.3 Å².